The molecular weight excluding hydrogens is 298 g/mol. The highest BCUT2D eigenvalue weighted by Gasteiger charge is 2.29. The number of nitrogens with zero attached hydrogens (tertiary/aromatic N) is 2. The van der Waals surface area contributed by atoms with Gasteiger partial charge in [-0.2, -0.15) is 0 Å². The number of hydrogen-bond donors (Lipinski definition) is 3. The van der Waals surface area contributed by atoms with Crippen LogP contribution >= 0.6 is 0 Å². The molecule has 1 aromatic heterocycles. The van der Waals surface area contributed by atoms with Crippen molar-refractivity contribution in [1.82, 2.24) is 10.3 Å². The third kappa shape index (κ3) is 5.71. The molecule has 0 aromatic carbocycles. The smallest absolute Gasteiger partial charge is 0.328 e. The average molecular weight is 319 g/mol. The predicted molar refractivity (Wildman–Crippen MR) is 85.4 cm³/mol. The van der Waals surface area contributed by atoms with Crippen LogP contribution in [-0.4, -0.2) is 52.3 Å². The minimum atomic E-state index is -1.26. The number of piperazine rings is 1. The second-order valence-corrected chi connectivity index (χ2v) is 5.62. The molecule has 2 unspecified atom stereocenters. The fourth-order valence-electron chi connectivity index (χ4n) is 2.90. The van der Waals surface area contributed by atoms with Gasteiger partial charge in [-0.25, -0.2) is 9.59 Å². The number of hydrogen-bond acceptors (Lipinski definition) is 5. The fraction of sp³-hybridized carbons (Fsp3) is 0.438. The first-order valence-electron chi connectivity index (χ1n) is 7.59. The third-order valence-corrected chi connectivity index (χ3v) is 3.84. The van der Waals surface area contributed by atoms with Gasteiger partial charge in [0.05, 0.1) is 11.9 Å². The fourth-order valence-corrected chi connectivity index (χ4v) is 2.90. The van der Waals surface area contributed by atoms with Crippen molar-refractivity contribution in [2.75, 3.05) is 18.0 Å². The van der Waals surface area contributed by atoms with Gasteiger partial charge in [0.2, 0.25) is 0 Å². The molecule has 0 amide bonds. The molecule has 2 aliphatic rings. The van der Waals surface area contributed by atoms with E-state index in [2.05, 4.69) is 21.3 Å². The Morgan fingerprint density at radius 1 is 1.17 bits per heavy atom. The summed E-state index contributed by atoms with van der Waals surface area (Å²) < 4.78 is 0. The van der Waals surface area contributed by atoms with E-state index in [9.17, 15) is 9.59 Å². The minimum absolute atomic E-state index is 0.558. The Morgan fingerprint density at radius 3 is 2.26 bits per heavy atom. The molecule has 2 saturated heterocycles. The SMILES string of the molecule is O=C(O)/C=C/C(=O)O.c1cncc(N2CC3CCCC(C2)N3)c1. The molecule has 0 saturated carbocycles. The second kappa shape index (κ2) is 8.28. The highest BCUT2D eigenvalue weighted by atomic mass is 16.4. The molecular formula is C16H21N3O4. The molecule has 2 atom stereocenters. The number of carboxylic acid groups (broad SMARTS) is 2. The molecule has 2 aliphatic heterocycles. The van der Waals surface area contributed by atoms with E-state index >= 15 is 0 Å². The number of rotatable bonds is 3. The number of carboxylic acids is 2. The first kappa shape index (κ1) is 17.0. The molecule has 23 heavy (non-hydrogen) atoms. The summed E-state index contributed by atoms with van der Waals surface area (Å²) in [5, 5.41) is 19.3. The van der Waals surface area contributed by atoms with Crippen LogP contribution in [-0.2, 0) is 9.59 Å². The number of anilines is 1. The van der Waals surface area contributed by atoms with Crippen molar-refractivity contribution in [2.24, 2.45) is 0 Å². The van der Waals surface area contributed by atoms with Crippen LogP contribution in [0.5, 0.6) is 0 Å². The van der Waals surface area contributed by atoms with E-state index in [-0.39, 0.29) is 0 Å². The molecule has 7 heteroatoms. The number of nitrogens with one attached hydrogen (secondary N) is 1. The quantitative estimate of drug-likeness (QED) is 0.717. The van der Waals surface area contributed by atoms with Gasteiger partial charge in [0.15, 0.2) is 0 Å². The Labute approximate surface area is 134 Å². The van der Waals surface area contributed by atoms with Crippen molar-refractivity contribution >= 4 is 17.6 Å². The lowest BCUT2D eigenvalue weighted by Crippen LogP contribution is -2.58. The van der Waals surface area contributed by atoms with E-state index in [0.717, 1.165) is 13.1 Å². The van der Waals surface area contributed by atoms with Crippen molar-refractivity contribution in [3.63, 3.8) is 0 Å². The molecule has 0 radical (unpaired) electrons. The summed E-state index contributed by atoms with van der Waals surface area (Å²) >= 11 is 0. The van der Waals surface area contributed by atoms with E-state index in [4.69, 9.17) is 10.2 Å². The largest absolute Gasteiger partial charge is 0.478 e. The van der Waals surface area contributed by atoms with Crippen LogP contribution in [0.3, 0.4) is 0 Å². The van der Waals surface area contributed by atoms with Crippen LogP contribution in [0.15, 0.2) is 36.7 Å². The Balaban J connectivity index is 0.000000207. The molecule has 2 bridgehead atoms. The van der Waals surface area contributed by atoms with E-state index in [1.807, 2.05) is 18.5 Å². The normalized spacial score (nSPS) is 23.0. The number of aromatic nitrogens is 1. The lowest BCUT2D eigenvalue weighted by molar-refractivity contribution is -0.134. The minimum Gasteiger partial charge on any atom is -0.478 e. The van der Waals surface area contributed by atoms with Gasteiger partial charge in [0.25, 0.3) is 0 Å². The van der Waals surface area contributed by atoms with E-state index in [1.54, 1.807) is 0 Å². The standard InChI is InChI=1S/C12H17N3.C4H4O4/c1-3-10-8-15(9-11(4-1)14-10)12-5-2-6-13-7-12;5-3(6)1-2-4(7)8/h2,5-7,10-11,14H,1,3-4,8-9H2;1-2H,(H,5,6)(H,7,8)/b;2-1+. The van der Waals surface area contributed by atoms with E-state index < -0.39 is 11.9 Å². The molecule has 2 fully saturated rings. The monoisotopic (exact) mass is 319 g/mol. The maximum absolute atomic E-state index is 9.55. The Bertz CT molecular complexity index is 534. The molecule has 3 rings (SSSR count). The van der Waals surface area contributed by atoms with Gasteiger partial charge < -0.3 is 20.4 Å². The van der Waals surface area contributed by atoms with Gasteiger partial charge in [-0.15, -0.1) is 0 Å². The van der Waals surface area contributed by atoms with Crippen molar-refractivity contribution in [3.05, 3.63) is 36.7 Å². The summed E-state index contributed by atoms with van der Waals surface area (Å²) in [5.74, 6) is -2.51. The molecule has 3 N–H and O–H groups in total. The third-order valence-electron chi connectivity index (χ3n) is 3.84. The Morgan fingerprint density at radius 2 is 1.78 bits per heavy atom. The zero-order chi connectivity index (χ0) is 16.7. The van der Waals surface area contributed by atoms with E-state index in [1.165, 1.54) is 24.9 Å². The van der Waals surface area contributed by atoms with Crippen molar-refractivity contribution in [3.8, 4) is 0 Å². The number of aliphatic carboxylic acids is 2. The second-order valence-electron chi connectivity index (χ2n) is 5.62. The summed E-state index contributed by atoms with van der Waals surface area (Å²) in [6.45, 7) is 2.28. The molecule has 0 aliphatic carbocycles. The van der Waals surface area contributed by atoms with Crippen LogP contribution in [0.4, 0.5) is 5.69 Å². The summed E-state index contributed by atoms with van der Waals surface area (Å²) in [4.78, 5) is 25.8. The molecule has 1 aromatic rings. The number of carbonyl (C=O) groups is 2. The summed E-state index contributed by atoms with van der Waals surface area (Å²) in [6.07, 6.45) is 8.97. The lowest BCUT2D eigenvalue weighted by Gasteiger charge is -2.43. The number of piperidine rings is 1. The Hall–Kier alpha value is -2.41. The van der Waals surface area contributed by atoms with Crippen molar-refractivity contribution in [2.45, 2.75) is 31.3 Å². The first-order valence-corrected chi connectivity index (χ1v) is 7.59. The number of fused-ring (bicyclic) bond motifs is 2. The maximum Gasteiger partial charge on any atom is 0.328 e. The lowest BCUT2D eigenvalue weighted by atomic mass is 9.94. The van der Waals surface area contributed by atoms with Crippen molar-refractivity contribution in [1.29, 1.82) is 0 Å². The van der Waals surface area contributed by atoms with Crippen LogP contribution in [0, 0.1) is 0 Å². The average Bonchev–Trinajstić information content (AvgIpc) is 2.54. The van der Waals surface area contributed by atoms with Crippen LogP contribution in [0.1, 0.15) is 19.3 Å². The van der Waals surface area contributed by atoms with Crippen molar-refractivity contribution < 1.29 is 19.8 Å². The van der Waals surface area contributed by atoms with Gasteiger partial charge in [0.1, 0.15) is 0 Å². The van der Waals surface area contributed by atoms with Crippen LogP contribution in [0.2, 0.25) is 0 Å². The summed E-state index contributed by atoms with van der Waals surface area (Å²) in [5.41, 5.74) is 1.27. The zero-order valence-corrected chi connectivity index (χ0v) is 12.8. The van der Waals surface area contributed by atoms with Gasteiger partial charge in [-0.1, -0.05) is 6.42 Å². The topological polar surface area (TPSA) is 103 Å². The zero-order valence-electron chi connectivity index (χ0n) is 12.8. The van der Waals surface area contributed by atoms with Gasteiger partial charge >= 0.3 is 11.9 Å². The molecule has 0 spiro atoms. The first-order chi connectivity index (χ1) is 11.0. The van der Waals surface area contributed by atoms with Gasteiger partial charge in [-0.3, -0.25) is 4.98 Å². The van der Waals surface area contributed by atoms with Gasteiger partial charge in [0, 0.05) is 43.5 Å². The molecule has 124 valence electrons. The van der Waals surface area contributed by atoms with Crippen LogP contribution < -0.4 is 10.2 Å². The van der Waals surface area contributed by atoms with Gasteiger partial charge in [-0.05, 0) is 25.0 Å². The summed E-state index contributed by atoms with van der Waals surface area (Å²) in [7, 11) is 0. The highest BCUT2D eigenvalue weighted by Crippen LogP contribution is 2.23. The molecule has 3 heterocycles. The highest BCUT2D eigenvalue weighted by molar-refractivity contribution is 5.89. The molecule has 7 nitrogen and oxygen atoms in total. The predicted octanol–water partition coefficient (Wildman–Crippen LogP) is 1.12. The van der Waals surface area contributed by atoms with Crippen LogP contribution in [0.25, 0.3) is 0 Å². The maximum atomic E-state index is 9.55. The number of pyridine rings is 1. The Kier molecular flexibility index (Phi) is 6.10. The summed E-state index contributed by atoms with van der Waals surface area (Å²) in [6, 6.07) is 5.57. The van der Waals surface area contributed by atoms with E-state index in [0.29, 0.717) is 24.2 Å².